The van der Waals surface area contributed by atoms with Crippen LogP contribution in [0.1, 0.15) is 39.1 Å². The third-order valence-corrected chi connectivity index (χ3v) is 6.76. The number of benzene rings is 2. The van der Waals surface area contributed by atoms with Gasteiger partial charge in [-0.1, -0.05) is 42.0 Å². The van der Waals surface area contributed by atoms with Crippen LogP contribution in [0.3, 0.4) is 0 Å². The molecule has 0 amide bonds. The largest absolute Gasteiger partial charge is 0.545 e. The number of rotatable bonds is 5. The van der Waals surface area contributed by atoms with Crippen LogP contribution in [0.15, 0.2) is 53.4 Å². The van der Waals surface area contributed by atoms with Gasteiger partial charge in [-0.05, 0) is 37.5 Å². The summed E-state index contributed by atoms with van der Waals surface area (Å²) in [5, 5.41) is 11.0. The van der Waals surface area contributed by atoms with Crippen molar-refractivity contribution in [3.05, 3.63) is 65.2 Å². The molecule has 2 aromatic rings. The summed E-state index contributed by atoms with van der Waals surface area (Å²) in [6.45, 7) is 2.40. The number of carboxylic acid groups (broad SMARTS) is 1. The first kappa shape index (κ1) is 19.3. The molecule has 7 heteroatoms. The molecule has 27 heavy (non-hydrogen) atoms. The molecule has 1 aliphatic rings. The third kappa shape index (κ3) is 4.09. The Balaban J connectivity index is 1.71. The Hall–Kier alpha value is -2.51. The Kier molecular flexibility index (Phi) is 5.43. The summed E-state index contributed by atoms with van der Waals surface area (Å²) in [5.74, 6) is -1.60. The summed E-state index contributed by atoms with van der Waals surface area (Å²) < 4.78 is 26.9. The normalized spacial score (nSPS) is 16.2. The zero-order valence-electron chi connectivity index (χ0n) is 14.9. The highest BCUT2D eigenvalue weighted by Gasteiger charge is 2.32. The van der Waals surface area contributed by atoms with Gasteiger partial charge in [0.2, 0.25) is 10.0 Å². The molecule has 0 atom stereocenters. The Morgan fingerprint density at radius 2 is 1.63 bits per heavy atom. The van der Waals surface area contributed by atoms with Crippen molar-refractivity contribution in [1.82, 2.24) is 4.31 Å². The molecule has 1 fully saturated rings. The van der Waals surface area contributed by atoms with Crippen LogP contribution in [0.5, 0.6) is 0 Å². The fourth-order valence-corrected chi connectivity index (χ4v) is 4.76. The predicted molar refractivity (Wildman–Crippen MR) is 97.8 cm³/mol. The molecule has 0 saturated carbocycles. The first-order chi connectivity index (χ1) is 12.8. The quantitative estimate of drug-likeness (QED) is 0.728. The predicted octanol–water partition coefficient (Wildman–Crippen LogP) is 1.64. The van der Waals surface area contributed by atoms with E-state index in [1.54, 1.807) is 12.1 Å². The van der Waals surface area contributed by atoms with E-state index in [4.69, 9.17) is 0 Å². The first-order valence-electron chi connectivity index (χ1n) is 8.71. The summed E-state index contributed by atoms with van der Waals surface area (Å²) in [6.07, 6.45) is 0.873. The Morgan fingerprint density at radius 3 is 2.22 bits per heavy atom. The van der Waals surface area contributed by atoms with Crippen LogP contribution in [0.4, 0.5) is 0 Å². The lowest BCUT2D eigenvalue weighted by Crippen LogP contribution is -2.40. The minimum absolute atomic E-state index is 0.0333. The van der Waals surface area contributed by atoms with E-state index in [-0.39, 0.29) is 35.2 Å². The van der Waals surface area contributed by atoms with Crippen LogP contribution < -0.4 is 5.11 Å². The molecule has 1 aliphatic heterocycles. The Bertz CT molecular complexity index is 958. The van der Waals surface area contributed by atoms with Gasteiger partial charge in [0.1, 0.15) is 0 Å². The summed E-state index contributed by atoms with van der Waals surface area (Å²) in [5.41, 5.74) is 1.54. The monoisotopic (exact) mass is 386 g/mol. The van der Waals surface area contributed by atoms with Gasteiger partial charge in [0.15, 0.2) is 5.78 Å². The van der Waals surface area contributed by atoms with Crippen molar-refractivity contribution in [2.24, 2.45) is 5.92 Å². The van der Waals surface area contributed by atoms with Crippen molar-refractivity contribution in [3.63, 3.8) is 0 Å². The van der Waals surface area contributed by atoms with Gasteiger partial charge in [-0.25, -0.2) is 8.42 Å². The summed E-state index contributed by atoms with van der Waals surface area (Å²) in [7, 11) is -3.81. The molecule has 0 spiro atoms. The lowest BCUT2D eigenvalue weighted by atomic mass is 9.89. The van der Waals surface area contributed by atoms with Crippen LogP contribution in [-0.4, -0.2) is 37.6 Å². The van der Waals surface area contributed by atoms with Gasteiger partial charge in [-0.3, -0.25) is 4.79 Å². The van der Waals surface area contributed by atoms with E-state index in [2.05, 4.69) is 0 Å². The molecule has 3 rings (SSSR count). The van der Waals surface area contributed by atoms with Crippen LogP contribution in [-0.2, 0) is 10.0 Å². The molecule has 0 unspecified atom stereocenters. The average molecular weight is 386 g/mol. The number of carboxylic acids is 1. The highest BCUT2D eigenvalue weighted by molar-refractivity contribution is 7.89. The highest BCUT2D eigenvalue weighted by Crippen LogP contribution is 2.26. The van der Waals surface area contributed by atoms with E-state index >= 15 is 0 Å². The summed E-state index contributed by atoms with van der Waals surface area (Å²) in [6, 6.07) is 12.5. The second-order valence-electron chi connectivity index (χ2n) is 6.72. The fraction of sp³-hybridized carbons (Fsp3) is 0.300. The summed E-state index contributed by atoms with van der Waals surface area (Å²) >= 11 is 0. The second-order valence-corrected chi connectivity index (χ2v) is 8.66. The zero-order valence-corrected chi connectivity index (χ0v) is 15.7. The van der Waals surface area contributed by atoms with Crippen LogP contribution in [0, 0.1) is 12.8 Å². The molecule has 1 heterocycles. The van der Waals surface area contributed by atoms with E-state index in [9.17, 15) is 23.1 Å². The minimum atomic E-state index is -3.81. The number of sulfonamides is 1. The topological polar surface area (TPSA) is 94.6 Å². The Morgan fingerprint density at radius 1 is 1.00 bits per heavy atom. The smallest absolute Gasteiger partial charge is 0.243 e. The molecule has 1 saturated heterocycles. The van der Waals surface area contributed by atoms with Crippen molar-refractivity contribution < 1.29 is 23.1 Å². The number of hydrogen-bond donors (Lipinski definition) is 0. The average Bonchev–Trinajstić information content (AvgIpc) is 2.68. The van der Waals surface area contributed by atoms with Crippen LogP contribution >= 0.6 is 0 Å². The number of hydrogen-bond acceptors (Lipinski definition) is 5. The molecule has 2 aromatic carbocycles. The molecule has 0 bridgehead atoms. The summed E-state index contributed by atoms with van der Waals surface area (Å²) in [4.78, 5) is 23.5. The number of aromatic carboxylic acids is 1. The standard InChI is InChI=1S/C20H21NO5S/c1-14-5-7-15(8-6-14)19(22)16-9-11-21(12-10-16)27(25,26)18-4-2-3-17(13-18)20(23)24/h2-8,13,16H,9-12H2,1H3,(H,23,24)/p-1. The maximum atomic E-state index is 12.8. The van der Waals surface area contributed by atoms with Crippen molar-refractivity contribution in [2.45, 2.75) is 24.7 Å². The van der Waals surface area contributed by atoms with Gasteiger partial charge >= 0.3 is 0 Å². The molecular formula is C20H20NO5S-. The van der Waals surface area contributed by atoms with Crippen LogP contribution in [0.25, 0.3) is 0 Å². The zero-order chi connectivity index (χ0) is 19.6. The van der Waals surface area contributed by atoms with Crippen molar-refractivity contribution in [3.8, 4) is 0 Å². The molecule has 0 radical (unpaired) electrons. The second kappa shape index (κ2) is 7.62. The minimum Gasteiger partial charge on any atom is -0.545 e. The van der Waals surface area contributed by atoms with E-state index < -0.39 is 16.0 Å². The van der Waals surface area contributed by atoms with Crippen molar-refractivity contribution >= 4 is 21.8 Å². The fourth-order valence-electron chi connectivity index (χ4n) is 3.24. The SMILES string of the molecule is Cc1ccc(C(=O)C2CCN(S(=O)(=O)c3cccc(C(=O)[O-])c3)CC2)cc1. The lowest BCUT2D eigenvalue weighted by molar-refractivity contribution is -0.255. The van der Waals surface area contributed by atoms with Crippen molar-refractivity contribution in [1.29, 1.82) is 0 Å². The van der Waals surface area contributed by atoms with Gasteiger partial charge in [-0.15, -0.1) is 0 Å². The van der Waals surface area contributed by atoms with E-state index in [1.165, 1.54) is 22.5 Å². The molecule has 0 aromatic heterocycles. The van der Waals surface area contributed by atoms with E-state index in [0.717, 1.165) is 11.6 Å². The third-order valence-electron chi connectivity index (χ3n) is 4.87. The highest BCUT2D eigenvalue weighted by atomic mass is 32.2. The maximum absolute atomic E-state index is 12.8. The van der Waals surface area contributed by atoms with Crippen molar-refractivity contribution in [2.75, 3.05) is 13.1 Å². The lowest BCUT2D eigenvalue weighted by Gasteiger charge is -2.30. The maximum Gasteiger partial charge on any atom is 0.243 e. The number of piperidine rings is 1. The number of carbonyl (C=O) groups is 2. The van der Waals surface area contributed by atoms with Gasteiger partial charge in [0.25, 0.3) is 0 Å². The van der Waals surface area contributed by atoms with E-state index in [1.807, 2.05) is 19.1 Å². The van der Waals surface area contributed by atoms with Gasteiger partial charge in [-0.2, -0.15) is 4.31 Å². The van der Waals surface area contributed by atoms with Gasteiger partial charge in [0.05, 0.1) is 10.9 Å². The molecule has 6 nitrogen and oxygen atoms in total. The number of ketones is 1. The molecular weight excluding hydrogens is 366 g/mol. The van der Waals surface area contributed by atoms with E-state index in [0.29, 0.717) is 18.4 Å². The number of aryl methyl sites for hydroxylation is 1. The number of carbonyl (C=O) groups excluding carboxylic acids is 2. The first-order valence-corrected chi connectivity index (χ1v) is 10.2. The molecule has 0 aliphatic carbocycles. The van der Waals surface area contributed by atoms with Crippen LogP contribution in [0.2, 0.25) is 0 Å². The van der Waals surface area contributed by atoms with Gasteiger partial charge in [0, 0.05) is 24.6 Å². The number of nitrogens with zero attached hydrogens (tertiary/aromatic N) is 1. The molecule has 142 valence electrons. The number of Topliss-reactive ketones (excluding diaryl/α,β-unsaturated/α-hetero) is 1. The van der Waals surface area contributed by atoms with Gasteiger partial charge < -0.3 is 9.90 Å². The Labute approximate surface area is 158 Å². The molecule has 0 N–H and O–H groups in total.